The van der Waals surface area contributed by atoms with E-state index >= 15 is 0 Å². The largest absolute Gasteiger partial charge is 0.506 e. The third-order valence-electron chi connectivity index (χ3n) is 2.63. The molecule has 1 atom stereocenters. The van der Waals surface area contributed by atoms with Crippen molar-refractivity contribution in [1.29, 1.82) is 0 Å². The fourth-order valence-corrected chi connectivity index (χ4v) is 1.92. The lowest BCUT2D eigenvalue weighted by atomic mass is 10.1. The molecule has 0 heterocycles. The molecule has 1 unspecified atom stereocenters. The number of aromatic hydroxyl groups is 1. The van der Waals surface area contributed by atoms with Gasteiger partial charge in [0.05, 0.1) is 5.02 Å². The van der Waals surface area contributed by atoms with Gasteiger partial charge in [-0.25, -0.2) is 0 Å². The number of hydrogen-bond donors (Lipinski definition) is 2. The number of phenolic OH excluding ortho intramolecular Hbond substituents is 1. The van der Waals surface area contributed by atoms with Crippen LogP contribution in [0.5, 0.6) is 5.75 Å². The fraction of sp³-hybridized carbons (Fsp3) is 0.455. The van der Waals surface area contributed by atoms with E-state index in [-0.39, 0.29) is 16.8 Å². The molecule has 1 aliphatic rings. The molecular formula is C11H13Cl2NO. The Labute approximate surface area is 99.2 Å². The summed E-state index contributed by atoms with van der Waals surface area (Å²) in [5.74, 6) is 0.0878. The lowest BCUT2D eigenvalue weighted by Gasteiger charge is -2.16. The van der Waals surface area contributed by atoms with Gasteiger partial charge in [0, 0.05) is 17.6 Å². The molecule has 0 bridgehead atoms. The average Bonchev–Trinajstić information content (AvgIpc) is 2.98. The molecule has 2 nitrogen and oxygen atoms in total. The molecule has 1 aromatic carbocycles. The minimum atomic E-state index is 0.0878. The van der Waals surface area contributed by atoms with Gasteiger partial charge in [0.1, 0.15) is 10.8 Å². The summed E-state index contributed by atoms with van der Waals surface area (Å²) in [6.45, 7) is 2.01. The second kappa shape index (κ2) is 4.20. The number of phenols is 1. The van der Waals surface area contributed by atoms with Crippen molar-refractivity contribution in [2.24, 2.45) is 0 Å². The van der Waals surface area contributed by atoms with Crippen molar-refractivity contribution in [2.75, 3.05) is 0 Å². The smallest absolute Gasteiger partial charge is 0.140 e. The van der Waals surface area contributed by atoms with E-state index in [1.54, 1.807) is 6.07 Å². The molecule has 2 N–H and O–H groups in total. The molecule has 0 aliphatic heterocycles. The quantitative estimate of drug-likeness (QED) is 0.855. The second-order valence-electron chi connectivity index (χ2n) is 3.96. The summed E-state index contributed by atoms with van der Waals surface area (Å²) in [7, 11) is 0. The molecule has 1 aromatic rings. The summed E-state index contributed by atoms with van der Waals surface area (Å²) < 4.78 is 0. The summed E-state index contributed by atoms with van der Waals surface area (Å²) >= 11 is 11.7. The highest BCUT2D eigenvalue weighted by molar-refractivity contribution is 6.43. The van der Waals surface area contributed by atoms with Crippen LogP contribution in [0, 0.1) is 0 Å². The van der Waals surface area contributed by atoms with Gasteiger partial charge in [0.15, 0.2) is 0 Å². The second-order valence-corrected chi connectivity index (χ2v) is 4.75. The molecular weight excluding hydrogens is 233 g/mol. The summed E-state index contributed by atoms with van der Waals surface area (Å²) in [4.78, 5) is 0. The Balaban J connectivity index is 2.22. The highest BCUT2D eigenvalue weighted by Gasteiger charge is 2.25. The predicted molar refractivity (Wildman–Crippen MR) is 62.7 cm³/mol. The van der Waals surface area contributed by atoms with Crippen LogP contribution in [-0.2, 0) is 0 Å². The molecule has 1 aliphatic carbocycles. The summed E-state index contributed by atoms with van der Waals surface area (Å²) in [5.41, 5.74) is 0.802. The SMILES string of the molecule is CC(NC1CC1)c1ccc(Cl)c(Cl)c1O. The minimum Gasteiger partial charge on any atom is -0.506 e. The maximum absolute atomic E-state index is 9.83. The van der Waals surface area contributed by atoms with Crippen molar-refractivity contribution in [1.82, 2.24) is 5.32 Å². The number of benzene rings is 1. The van der Waals surface area contributed by atoms with Gasteiger partial charge in [0.25, 0.3) is 0 Å². The van der Waals surface area contributed by atoms with Crippen LogP contribution in [0.15, 0.2) is 12.1 Å². The van der Waals surface area contributed by atoms with E-state index in [1.807, 2.05) is 13.0 Å². The van der Waals surface area contributed by atoms with Gasteiger partial charge in [-0.15, -0.1) is 0 Å². The topological polar surface area (TPSA) is 32.3 Å². The summed E-state index contributed by atoms with van der Waals surface area (Å²) in [6.07, 6.45) is 2.43. The van der Waals surface area contributed by atoms with E-state index in [9.17, 15) is 5.11 Å². The van der Waals surface area contributed by atoms with Gasteiger partial charge >= 0.3 is 0 Å². The van der Waals surface area contributed by atoms with Crippen LogP contribution in [0.25, 0.3) is 0 Å². The van der Waals surface area contributed by atoms with Gasteiger partial charge in [-0.3, -0.25) is 0 Å². The molecule has 2 rings (SSSR count). The average molecular weight is 246 g/mol. The number of halogens is 2. The number of hydrogen-bond acceptors (Lipinski definition) is 2. The Morgan fingerprint density at radius 3 is 2.67 bits per heavy atom. The van der Waals surface area contributed by atoms with Crippen LogP contribution in [0.1, 0.15) is 31.4 Å². The Kier molecular flexibility index (Phi) is 3.10. The van der Waals surface area contributed by atoms with Crippen molar-refractivity contribution in [3.63, 3.8) is 0 Å². The van der Waals surface area contributed by atoms with Gasteiger partial charge in [-0.2, -0.15) is 0 Å². The van der Waals surface area contributed by atoms with E-state index in [1.165, 1.54) is 12.8 Å². The summed E-state index contributed by atoms with van der Waals surface area (Å²) in [6, 6.07) is 4.22. The van der Waals surface area contributed by atoms with Crippen molar-refractivity contribution < 1.29 is 5.11 Å². The highest BCUT2D eigenvalue weighted by Crippen LogP contribution is 2.37. The fourth-order valence-electron chi connectivity index (χ4n) is 1.60. The third kappa shape index (κ3) is 2.39. The zero-order valence-corrected chi connectivity index (χ0v) is 9.94. The monoisotopic (exact) mass is 245 g/mol. The Hall–Kier alpha value is -0.440. The normalized spacial score (nSPS) is 17.8. The first-order chi connectivity index (χ1) is 7.09. The molecule has 0 spiro atoms. The lowest BCUT2D eigenvalue weighted by molar-refractivity contribution is 0.452. The maximum atomic E-state index is 9.83. The number of nitrogens with one attached hydrogen (secondary N) is 1. The molecule has 0 saturated heterocycles. The Morgan fingerprint density at radius 1 is 1.40 bits per heavy atom. The first-order valence-electron chi connectivity index (χ1n) is 5.02. The third-order valence-corrected chi connectivity index (χ3v) is 3.42. The molecule has 1 saturated carbocycles. The zero-order valence-electron chi connectivity index (χ0n) is 8.43. The zero-order chi connectivity index (χ0) is 11.0. The minimum absolute atomic E-state index is 0.0878. The van der Waals surface area contributed by atoms with Crippen LogP contribution < -0.4 is 5.32 Å². The van der Waals surface area contributed by atoms with Gasteiger partial charge in [-0.1, -0.05) is 29.3 Å². The van der Waals surface area contributed by atoms with Crippen molar-refractivity contribution >= 4 is 23.2 Å². The molecule has 0 amide bonds. The molecule has 1 fully saturated rings. The van der Waals surface area contributed by atoms with Gasteiger partial charge in [-0.05, 0) is 25.8 Å². The van der Waals surface area contributed by atoms with Gasteiger partial charge in [0.2, 0.25) is 0 Å². The van der Waals surface area contributed by atoms with E-state index in [4.69, 9.17) is 23.2 Å². The predicted octanol–water partition coefficient (Wildman–Crippen LogP) is 3.51. The molecule has 4 heteroatoms. The van der Waals surface area contributed by atoms with E-state index in [0.717, 1.165) is 5.56 Å². The lowest BCUT2D eigenvalue weighted by Crippen LogP contribution is -2.20. The Morgan fingerprint density at radius 2 is 2.07 bits per heavy atom. The van der Waals surface area contributed by atoms with Gasteiger partial charge < -0.3 is 10.4 Å². The summed E-state index contributed by atoms with van der Waals surface area (Å²) in [5, 5.41) is 13.8. The first-order valence-corrected chi connectivity index (χ1v) is 5.78. The molecule has 0 aromatic heterocycles. The Bertz CT molecular complexity index is 377. The van der Waals surface area contributed by atoms with Crippen LogP contribution >= 0.6 is 23.2 Å². The molecule has 15 heavy (non-hydrogen) atoms. The van der Waals surface area contributed by atoms with Crippen LogP contribution in [-0.4, -0.2) is 11.1 Å². The van der Waals surface area contributed by atoms with Crippen LogP contribution in [0.4, 0.5) is 0 Å². The number of rotatable bonds is 3. The molecule has 0 radical (unpaired) electrons. The van der Waals surface area contributed by atoms with Crippen molar-refractivity contribution in [3.8, 4) is 5.75 Å². The van der Waals surface area contributed by atoms with Crippen molar-refractivity contribution in [2.45, 2.75) is 31.8 Å². The van der Waals surface area contributed by atoms with Crippen molar-refractivity contribution in [3.05, 3.63) is 27.7 Å². The van der Waals surface area contributed by atoms with E-state index in [0.29, 0.717) is 11.1 Å². The maximum Gasteiger partial charge on any atom is 0.140 e. The van der Waals surface area contributed by atoms with Crippen LogP contribution in [0.2, 0.25) is 10.0 Å². The highest BCUT2D eigenvalue weighted by atomic mass is 35.5. The van der Waals surface area contributed by atoms with E-state index in [2.05, 4.69) is 5.32 Å². The van der Waals surface area contributed by atoms with Crippen LogP contribution in [0.3, 0.4) is 0 Å². The molecule has 82 valence electrons. The standard InChI is InChI=1S/C11H13Cl2NO/c1-6(14-7-2-3-7)8-4-5-9(12)10(13)11(8)15/h4-7,14-15H,2-3H2,1H3. The van der Waals surface area contributed by atoms with E-state index < -0.39 is 0 Å². The first kappa shape index (κ1) is 11.1.